The Kier molecular flexibility index (Phi) is 4.54. The first-order chi connectivity index (χ1) is 13.4. The molecule has 3 atom stereocenters. The number of aromatic nitrogens is 1. The van der Waals surface area contributed by atoms with Crippen molar-refractivity contribution in [2.75, 3.05) is 24.5 Å². The maximum atomic E-state index is 13.9. The van der Waals surface area contributed by atoms with E-state index >= 15 is 0 Å². The topological polar surface area (TPSA) is 60.2 Å². The van der Waals surface area contributed by atoms with Gasteiger partial charge in [-0.1, -0.05) is 12.1 Å². The molecule has 0 radical (unpaired) electrons. The summed E-state index contributed by atoms with van der Waals surface area (Å²) >= 11 is 0. The Balaban J connectivity index is 1.68. The lowest BCUT2D eigenvalue weighted by molar-refractivity contribution is -0.130. The predicted octanol–water partition coefficient (Wildman–Crippen LogP) is 3.37. The minimum atomic E-state index is -0.290. The standard InChI is InChI=1S/C22H23FN4O/c1-13-7-17(9-24)22(25-14(13)2)26-10-18-11-27(15(3)28)21(20(18)12-26)16-5-4-6-19(23)8-16/h4-8,18,20-21H,10-12H2,1-3H3/t18-,20-,21-/m1/s1. The highest BCUT2D eigenvalue weighted by atomic mass is 19.1. The lowest BCUT2D eigenvalue weighted by atomic mass is 9.89. The molecule has 1 aromatic carbocycles. The summed E-state index contributed by atoms with van der Waals surface area (Å²) < 4.78 is 13.9. The van der Waals surface area contributed by atoms with Crippen LogP contribution in [0.5, 0.6) is 0 Å². The molecule has 0 aliphatic carbocycles. The number of amides is 1. The average Bonchev–Trinajstić information content (AvgIpc) is 3.21. The fraction of sp³-hybridized carbons (Fsp3) is 0.409. The van der Waals surface area contributed by atoms with Crippen molar-refractivity contribution in [2.24, 2.45) is 11.8 Å². The minimum Gasteiger partial charge on any atom is -0.355 e. The van der Waals surface area contributed by atoms with Crippen LogP contribution >= 0.6 is 0 Å². The molecule has 6 heteroatoms. The molecule has 2 fully saturated rings. The number of hydrogen-bond donors (Lipinski definition) is 0. The van der Waals surface area contributed by atoms with E-state index in [2.05, 4.69) is 16.0 Å². The molecule has 0 unspecified atom stereocenters. The molecule has 5 nitrogen and oxygen atoms in total. The van der Waals surface area contributed by atoms with Crippen molar-refractivity contribution in [1.82, 2.24) is 9.88 Å². The van der Waals surface area contributed by atoms with E-state index in [9.17, 15) is 14.4 Å². The van der Waals surface area contributed by atoms with Gasteiger partial charge in [0.1, 0.15) is 17.7 Å². The van der Waals surface area contributed by atoms with Crippen LogP contribution in [-0.2, 0) is 4.79 Å². The number of nitriles is 1. The van der Waals surface area contributed by atoms with Gasteiger partial charge >= 0.3 is 0 Å². The second-order valence-electron chi connectivity index (χ2n) is 7.87. The molecule has 144 valence electrons. The highest BCUT2D eigenvalue weighted by Crippen LogP contribution is 2.46. The molecule has 0 spiro atoms. The summed E-state index contributed by atoms with van der Waals surface area (Å²) in [5.41, 5.74) is 3.32. The molecule has 0 N–H and O–H groups in total. The molecule has 1 aromatic heterocycles. The van der Waals surface area contributed by atoms with Gasteiger partial charge in [-0.15, -0.1) is 0 Å². The Labute approximate surface area is 164 Å². The number of rotatable bonds is 2. The number of halogens is 1. The van der Waals surface area contributed by atoms with E-state index in [4.69, 9.17) is 0 Å². The molecule has 1 amide bonds. The van der Waals surface area contributed by atoms with Crippen molar-refractivity contribution in [2.45, 2.75) is 26.8 Å². The Morgan fingerprint density at radius 2 is 2.04 bits per heavy atom. The van der Waals surface area contributed by atoms with Gasteiger partial charge < -0.3 is 9.80 Å². The highest BCUT2D eigenvalue weighted by Gasteiger charge is 2.49. The number of carbonyl (C=O) groups excluding carboxylic acids is 1. The lowest BCUT2D eigenvalue weighted by Crippen LogP contribution is -2.34. The number of pyridine rings is 1. The van der Waals surface area contributed by atoms with E-state index in [-0.39, 0.29) is 29.6 Å². The molecule has 4 rings (SSSR count). The van der Waals surface area contributed by atoms with E-state index in [0.717, 1.165) is 23.4 Å². The van der Waals surface area contributed by atoms with Gasteiger partial charge in [-0.3, -0.25) is 4.79 Å². The molecule has 2 aliphatic heterocycles. The summed E-state index contributed by atoms with van der Waals surface area (Å²) in [5, 5.41) is 9.56. The highest BCUT2D eigenvalue weighted by molar-refractivity contribution is 5.74. The number of aryl methyl sites for hydroxylation is 2. The molecule has 3 heterocycles. The van der Waals surface area contributed by atoms with Crippen LogP contribution in [0.25, 0.3) is 0 Å². The van der Waals surface area contributed by atoms with Crippen LogP contribution in [0, 0.1) is 42.8 Å². The van der Waals surface area contributed by atoms with Crippen molar-refractivity contribution in [3.63, 3.8) is 0 Å². The van der Waals surface area contributed by atoms with Gasteiger partial charge in [0, 0.05) is 44.1 Å². The quantitative estimate of drug-likeness (QED) is 0.804. The molecule has 0 bridgehead atoms. The van der Waals surface area contributed by atoms with E-state index in [1.807, 2.05) is 30.9 Å². The smallest absolute Gasteiger partial charge is 0.219 e. The van der Waals surface area contributed by atoms with Crippen LogP contribution < -0.4 is 4.90 Å². The number of benzene rings is 1. The van der Waals surface area contributed by atoms with Gasteiger partial charge in [-0.2, -0.15) is 5.26 Å². The molecule has 2 aliphatic rings. The number of anilines is 1. The average molecular weight is 378 g/mol. The van der Waals surface area contributed by atoms with Crippen LogP contribution in [0.1, 0.15) is 35.3 Å². The lowest BCUT2D eigenvalue weighted by Gasteiger charge is -2.29. The number of likely N-dealkylation sites (tertiary alicyclic amines) is 1. The largest absolute Gasteiger partial charge is 0.355 e. The van der Waals surface area contributed by atoms with Crippen molar-refractivity contribution < 1.29 is 9.18 Å². The summed E-state index contributed by atoms with van der Waals surface area (Å²) in [5.74, 6) is 0.888. The summed E-state index contributed by atoms with van der Waals surface area (Å²) in [6.07, 6.45) is 0. The van der Waals surface area contributed by atoms with E-state index in [1.165, 1.54) is 12.1 Å². The van der Waals surface area contributed by atoms with Crippen LogP contribution in [0.4, 0.5) is 10.2 Å². The number of carbonyl (C=O) groups is 1. The second-order valence-corrected chi connectivity index (χ2v) is 7.87. The third-order valence-corrected chi connectivity index (χ3v) is 6.12. The first-order valence-corrected chi connectivity index (χ1v) is 9.55. The van der Waals surface area contributed by atoms with Crippen molar-refractivity contribution in [3.05, 3.63) is 58.5 Å². The maximum absolute atomic E-state index is 13.9. The van der Waals surface area contributed by atoms with Crippen LogP contribution in [0.3, 0.4) is 0 Å². The van der Waals surface area contributed by atoms with Crippen LogP contribution in [0.2, 0.25) is 0 Å². The summed E-state index contributed by atoms with van der Waals surface area (Å²) in [6, 6.07) is 10.5. The van der Waals surface area contributed by atoms with E-state index in [1.54, 1.807) is 13.0 Å². The Hall–Kier alpha value is -2.94. The third kappa shape index (κ3) is 3.01. The Bertz CT molecular complexity index is 983. The number of hydrogen-bond acceptors (Lipinski definition) is 4. The van der Waals surface area contributed by atoms with Gasteiger partial charge in [-0.25, -0.2) is 9.37 Å². The number of nitrogens with zero attached hydrogens (tertiary/aromatic N) is 4. The van der Waals surface area contributed by atoms with Gasteiger partial charge in [-0.05, 0) is 43.2 Å². The minimum absolute atomic E-state index is 0.0113. The molecule has 28 heavy (non-hydrogen) atoms. The second kappa shape index (κ2) is 6.90. The van der Waals surface area contributed by atoms with Gasteiger partial charge in [0.2, 0.25) is 5.91 Å². The number of fused-ring (bicyclic) bond motifs is 1. The zero-order chi connectivity index (χ0) is 20.0. The van der Waals surface area contributed by atoms with Crippen LogP contribution in [0.15, 0.2) is 30.3 Å². The fourth-order valence-electron chi connectivity index (χ4n) is 4.68. The van der Waals surface area contributed by atoms with Crippen molar-refractivity contribution in [1.29, 1.82) is 5.26 Å². The zero-order valence-electron chi connectivity index (χ0n) is 16.3. The SMILES string of the molecule is CC(=O)N1C[C@H]2CN(c3nc(C)c(C)cc3C#N)C[C@H]2[C@H]1c1cccc(F)c1. The fourth-order valence-corrected chi connectivity index (χ4v) is 4.68. The van der Waals surface area contributed by atoms with Crippen molar-refractivity contribution >= 4 is 11.7 Å². The van der Waals surface area contributed by atoms with E-state index in [0.29, 0.717) is 24.5 Å². The molecule has 2 saturated heterocycles. The molecular weight excluding hydrogens is 355 g/mol. The summed E-state index contributed by atoms with van der Waals surface area (Å²) in [4.78, 5) is 20.9. The first-order valence-electron chi connectivity index (χ1n) is 9.55. The monoisotopic (exact) mass is 378 g/mol. The normalized spacial score (nSPS) is 23.6. The van der Waals surface area contributed by atoms with Gasteiger partial charge in [0.05, 0.1) is 11.6 Å². The maximum Gasteiger partial charge on any atom is 0.219 e. The predicted molar refractivity (Wildman–Crippen MR) is 104 cm³/mol. The molecule has 0 saturated carbocycles. The molecule has 2 aromatic rings. The Morgan fingerprint density at radius 1 is 1.25 bits per heavy atom. The zero-order valence-corrected chi connectivity index (χ0v) is 16.3. The summed E-state index contributed by atoms with van der Waals surface area (Å²) in [7, 11) is 0. The molecular formula is C22H23FN4O. The van der Waals surface area contributed by atoms with Gasteiger partial charge in [0.15, 0.2) is 0 Å². The summed E-state index contributed by atoms with van der Waals surface area (Å²) in [6.45, 7) is 7.55. The first kappa shape index (κ1) is 18.4. The third-order valence-electron chi connectivity index (χ3n) is 6.12. The van der Waals surface area contributed by atoms with Gasteiger partial charge in [0.25, 0.3) is 0 Å². The van der Waals surface area contributed by atoms with Crippen LogP contribution in [-0.4, -0.2) is 35.4 Å². The Morgan fingerprint density at radius 3 is 2.71 bits per heavy atom. The van der Waals surface area contributed by atoms with E-state index < -0.39 is 0 Å². The van der Waals surface area contributed by atoms with Crippen molar-refractivity contribution in [3.8, 4) is 6.07 Å².